The molecule has 0 spiro atoms. The standard InChI is InChI=1S/C19H26F3N3O2/c1-18(2,3)25-16(19(20,21)22)14(9-23-25)27-17(26)24-15-12-5-10-4-11(7-12)8-13(15)6-10/h9-13,15H,4-8H2,1-3H3,(H,24,26). The van der Waals surface area contributed by atoms with Gasteiger partial charge in [0, 0.05) is 6.04 Å². The second kappa shape index (κ2) is 6.14. The zero-order valence-corrected chi connectivity index (χ0v) is 15.8. The van der Waals surface area contributed by atoms with Gasteiger partial charge in [0.05, 0.1) is 11.7 Å². The zero-order valence-electron chi connectivity index (χ0n) is 15.8. The van der Waals surface area contributed by atoms with Gasteiger partial charge in [0.15, 0.2) is 11.4 Å². The van der Waals surface area contributed by atoms with Gasteiger partial charge in [-0.2, -0.15) is 18.3 Å². The van der Waals surface area contributed by atoms with Crippen LogP contribution in [0.2, 0.25) is 0 Å². The monoisotopic (exact) mass is 385 g/mol. The predicted molar refractivity (Wildman–Crippen MR) is 92.2 cm³/mol. The molecule has 1 aromatic rings. The van der Waals surface area contributed by atoms with E-state index in [0.29, 0.717) is 11.8 Å². The largest absolute Gasteiger partial charge is 0.436 e. The van der Waals surface area contributed by atoms with Gasteiger partial charge in [-0.3, -0.25) is 4.68 Å². The average molecular weight is 385 g/mol. The summed E-state index contributed by atoms with van der Waals surface area (Å²) in [6, 6.07) is 0.0114. The molecule has 1 heterocycles. The molecule has 1 amide bonds. The molecular formula is C19H26F3N3O2. The summed E-state index contributed by atoms with van der Waals surface area (Å²) in [5.41, 5.74) is -1.92. The van der Waals surface area contributed by atoms with E-state index in [4.69, 9.17) is 4.74 Å². The highest BCUT2D eigenvalue weighted by atomic mass is 19.4. The number of hydrogen-bond acceptors (Lipinski definition) is 3. The molecule has 4 aliphatic rings. The van der Waals surface area contributed by atoms with Crippen LogP contribution in [0.25, 0.3) is 0 Å². The second-order valence-corrected chi connectivity index (χ2v) is 9.43. The second-order valence-electron chi connectivity index (χ2n) is 9.43. The van der Waals surface area contributed by atoms with E-state index >= 15 is 0 Å². The Morgan fingerprint density at radius 1 is 1.11 bits per heavy atom. The Hall–Kier alpha value is -1.73. The molecule has 5 nitrogen and oxygen atoms in total. The summed E-state index contributed by atoms with van der Waals surface area (Å²) >= 11 is 0. The summed E-state index contributed by atoms with van der Waals surface area (Å²) in [5, 5.41) is 6.69. The number of carbonyl (C=O) groups is 1. The topological polar surface area (TPSA) is 56.2 Å². The molecule has 4 bridgehead atoms. The summed E-state index contributed by atoms with van der Waals surface area (Å²) < 4.78 is 46.6. The van der Waals surface area contributed by atoms with Gasteiger partial charge in [-0.25, -0.2) is 4.79 Å². The van der Waals surface area contributed by atoms with Crippen LogP contribution in [0.3, 0.4) is 0 Å². The minimum absolute atomic E-state index is 0.0114. The maximum Gasteiger partial charge on any atom is 0.436 e. The van der Waals surface area contributed by atoms with Crippen molar-refractivity contribution in [3.8, 4) is 5.75 Å². The van der Waals surface area contributed by atoms with Crippen LogP contribution in [0.1, 0.15) is 58.6 Å². The lowest BCUT2D eigenvalue weighted by atomic mass is 9.54. The highest BCUT2D eigenvalue weighted by Gasteiger charge is 2.49. The SMILES string of the molecule is CC(C)(C)n1ncc(OC(=O)NC2C3CC4CC(C3)CC2C4)c1C(F)(F)F. The fraction of sp³-hybridized carbons (Fsp3) is 0.789. The van der Waals surface area contributed by atoms with Gasteiger partial charge in [-0.1, -0.05) is 0 Å². The van der Waals surface area contributed by atoms with E-state index in [9.17, 15) is 18.0 Å². The van der Waals surface area contributed by atoms with Crippen molar-refractivity contribution in [1.82, 2.24) is 15.1 Å². The minimum Gasteiger partial charge on any atom is -0.406 e. The number of alkyl halides is 3. The first-order valence-corrected chi connectivity index (χ1v) is 9.66. The lowest BCUT2D eigenvalue weighted by Crippen LogP contribution is -2.56. The van der Waals surface area contributed by atoms with Crippen molar-refractivity contribution >= 4 is 6.09 Å². The molecule has 4 aliphatic carbocycles. The predicted octanol–water partition coefficient (Wildman–Crippen LogP) is 4.57. The van der Waals surface area contributed by atoms with Gasteiger partial charge >= 0.3 is 12.3 Å². The molecule has 0 atom stereocenters. The van der Waals surface area contributed by atoms with Gasteiger partial charge in [0.1, 0.15) is 0 Å². The zero-order chi connectivity index (χ0) is 19.6. The van der Waals surface area contributed by atoms with Crippen LogP contribution in [0.4, 0.5) is 18.0 Å². The minimum atomic E-state index is -4.66. The van der Waals surface area contributed by atoms with Crippen molar-refractivity contribution in [3.05, 3.63) is 11.9 Å². The third kappa shape index (κ3) is 3.43. The summed E-state index contributed by atoms with van der Waals surface area (Å²) in [4.78, 5) is 12.4. The maximum absolute atomic E-state index is 13.5. The summed E-state index contributed by atoms with van der Waals surface area (Å²) in [5.74, 6) is 1.81. The molecule has 8 heteroatoms. The molecule has 0 unspecified atom stereocenters. The van der Waals surface area contributed by atoms with Gasteiger partial charge in [-0.05, 0) is 76.5 Å². The third-order valence-electron chi connectivity index (χ3n) is 6.35. The fourth-order valence-electron chi connectivity index (χ4n) is 5.60. The van der Waals surface area contributed by atoms with E-state index in [-0.39, 0.29) is 6.04 Å². The van der Waals surface area contributed by atoms with Crippen molar-refractivity contribution in [2.45, 2.75) is 70.6 Å². The molecule has 1 N–H and O–H groups in total. The molecule has 27 heavy (non-hydrogen) atoms. The molecule has 0 aromatic carbocycles. The van der Waals surface area contributed by atoms with Crippen LogP contribution in [-0.4, -0.2) is 21.9 Å². The molecule has 0 aliphatic heterocycles. The maximum atomic E-state index is 13.5. The molecule has 0 saturated heterocycles. The fourth-order valence-corrected chi connectivity index (χ4v) is 5.60. The van der Waals surface area contributed by atoms with Crippen LogP contribution in [-0.2, 0) is 11.7 Å². The van der Waals surface area contributed by atoms with Gasteiger partial charge in [-0.15, -0.1) is 0 Å². The normalized spacial score (nSPS) is 32.6. The number of halogens is 3. The Morgan fingerprint density at radius 2 is 1.67 bits per heavy atom. The lowest BCUT2D eigenvalue weighted by molar-refractivity contribution is -0.147. The van der Waals surface area contributed by atoms with Gasteiger partial charge in [0.25, 0.3) is 0 Å². The van der Waals surface area contributed by atoms with Crippen molar-refractivity contribution in [3.63, 3.8) is 0 Å². The molecule has 5 rings (SSSR count). The Bertz CT molecular complexity index is 708. The van der Waals surface area contributed by atoms with E-state index in [0.717, 1.165) is 48.4 Å². The Balaban J connectivity index is 1.50. The van der Waals surface area contributed by atoms with Crippen LogP contribution in [0.5, 0.6) is 5.75 Å². The van der Waals surface area contributed by atoms with E-state index in [2.05, 4.69) is 10.4 Å². The van der Waals surface area contributed by atoms with Crippen LogP contribution >= 0.6 is 0 Å². The first-order valence-electron chi connectivity index (χ1n) is 9.66. The summed E-state index contributed by atoms with van der Waals surface area (Å²) in [6.07, 6.45) is 1.21. The number of rotatable bonds is 2. The Morgan fingerprint density at radius 3 is 2.15 bits per heavy atom. The molecule has 4 fully saturated rings. The molecule has 150 valence electrons. The van der Waals surface area contributed by atoms with E-state index in [1.807, 2.05) is 0 Å². The van der Waals surface area contributed by atoms with E-state index in [1.54, 1.807) is 20.8 Å². The summed E-state index contributed by atoms with van der Waals surface area (Å²) in [7, 11) is 0. The van der Waals surface area contributed by atoms with Crippen LogP contribution in [0.15, 0.2) is 6.20 Å². The number of aromatic nitrogens is 2. The molecule has 0 radical (unpaired) electrons. The average Bonchev–Trinajstić information content (AvgIpc) is 2.94. The van der Waals surface area contributed by atoms with Crippen molar-refractivity contribution < 1.29 is 22.7 Å². The number of ether oxygens (including phenoxy) is 1. The van der Waals surface area contributed by atoms with Crippen LogP contribution in [0, 0.1) is 23.7 Å². The lowest BCUT2D eigenvalue weighted by Gasteiger charge is -2.54. The smallest absolute Gasteiger partial charge is 0.406 e. The quantitative estimate of drug-likeness (QED) is 0.811. The van der Waals surface area contributed by atoms with Crippen molar-refractivity contribution in [2.24, 2.45) is 23.7 Å². The van der Waals surface area contributed by atoms with Crippen molar-refractivity contribution in [2.75, 3.05) is 0 Å². The van der Waals surface area contributed by atoms with Crippen molar-refractivity contribution in [1.29, 1.82) is 0 Å². The Kier molecular flexibility index (Phi) is 4.23. The third-order valence-corrected chi connectivity index (χ3v) is 6.35. The summed E-state index contributed by atoms with van der Waals surface area (Å²) in [6.45, 7) is 4.86. The van der Waals surface area contributed by atoms with Gasteiger partial charge < -0.3 is 10.1 Å². The molecule has 1 aromatic heterocycles. The van der Waals surface area contributed by atoms with E-state index < -0.39 is 29.3 Å². The van der Waals surface area contributed by atoms with Crippen LogP contribution < -0.4 is 10.1 Å². The first kappa shape index (κ1) is 18.6. The number of nitrogens with zero attached hydrogens (tertiary/aromatic N) is 2. The number of amides is 1. The number of nitrogens with one attached hydrogen (secondary N) is 1. The highest BCUT2D eigenvalue weighted by molar-refractivity contribution is 5.71. The number of hydrogen-bond donors (Lipinski definition) is 1. The first-order chi connectivity index (χ1) is 12.5. The number of carbonyl (C=O) groups excluding carboxylic acids is 1. The highest BCUT2D eigenvalue weighted by Crippen LogP contribution is 2.53. The molecular weight excluding hydrogens is 359 g/mol. The van der Waals surface area contributed by atoms with E-state index in [1.165, 1.54) is 6.42 Å². The molecule has 4 saturated carbocycles. The van der Waals surface area contributed by atoms with Gasteiger partial charge in [0.2, 0.25) is 0 Å². The Labute approximate surface area is 156 Å².